The van der Waals surface area contributed by atoms with E-state index in [0.717, 1.165) is 71.0 Å². The molecule has 0 saturated carbocycles. The van der Waals surface area contributed by atoms with Gasteiger partial charge in [0.05, 0.1) is 47.5 Å². The molecule has 2 N–H and O–H groups in total. The Morgan fingerprint density at radius 2 is 1.05 bits per heavy atom. The van der Waals surface area contributed by atoms with Crippen molar-refractivity contribution >= 4 is 17.9 Å². The van der Waals surface area contributed by atoms with Crippen molar-refractivity contribution in [2.75, 3.05) is 27.2 Å². The summed E-state index contributed by atoms with van der Waals surface area (Å²) < 4.78 is 11.8. The first-order chi connectivity index (χ1) is 29.1. The van der Waals surface area contributed by atoms with Gasteiger partial charge in [-0.1, -0.05) is 76.2 Å². The molecular weight excluding hydrogens is 781 g/mol. The summed E-state index contributed by atoms with van der Waals surface area (Å²) in [6, 6.07) is 15.5. The molecule has 62 heavy (non-hydrogen) atoms. The Morgan fingerprint density at radius 3 is 1.44 bits per heavy atom. The van der Waals surface area contributed by atoms with Gasteiger partial charge in [-0.3, -0.25) is 19.4 Å². The standard InChI is InChI=1S/C49H70N8O5/c1-30(2)41(54(12)32(5)61-48(6,7)8)45(58)56-26-14-16-39(56)43-50-28-37(52-43)35-22-18-33(19-23-35)34-20-24-36(25-21-34)38-29-51-44(53-38)40-17-15-27-57(40)46(59)42(31(3)4)55(13)47(60)62-49(9,10)11/h18-25,28-32,39-42H,14-17,26-27H2,1-13H3,(H,50,52)(H,51,53)/t32?,39-,40-,41-,42-/m0/s1. The van der Waals surface area contributed by atoms with Crippen LogP contribution in [0.4, 0.5) is 4.79 Å². The summed E-state index contributed by atoms with van der Waals surface area (Å²) in [6.45, 7) is 23.0. The van der Waals surface area contributed by atoms with Crippen LogP contribution in [-0.2, 0) is 19.1 Å². The summed E-state index contributed by atoms with van der Waals surface area (Å²) in [5.74, 6) is 1.58. The summed E-state index contributed by atoms with van der Waals surface area (Å²) in [6.07, 6.45) is 6.42. The van der Waals surface area contributed by atoms with Crippen LogP contribution in [0.2, 0.25) is 0 Å². The average Bonchev–Trinajstić information content (AvgIpc) is 4.03. The lowest BCUT2D eigenvalue weighted by molar-refractivity contribution is -0.158. The fourth-order valence-corrected chi connectivity index (χ4v) is 9.06. The molecule has 0 radical (unpaired) electrons. The number of aromatic amines is 2. The fraction of sp³-hybridized carbons (Fsp3) is 0.571. The number of amides is 3. The Kier molecular flexibility index (Phi) is 14.1. The molecule has 3 amide bonds. The maximum Gasteiger partial charge on any atom is 0.410 e. The van der Waals surface area contributed by atoms with Gasteiger partial charge in [0.25, 0.3) is 0 Å². The number of hydrogen-bond acceptors (Lipinski definition) is 8. The molecule has 2 saturated heterocycles. The quantitative estimate of drug-likeness (QED) is 0.127. The second-order valence-electron chi connectivity index (χ2n) is 19.9. The van der Waals surface area contributed by atoms with Crippen molar-refractivity contribution in [3.8, 4) is 33.6 Å². The Hall–Kier alpha value is -5.01. The van der Waals surface area contributed by atoms with E-state index in [-0.39, 0.29) is 53.6 Å². The zero-order chi connectivity index (χ0) is 45.3. The van der Waals surface area contributed by atoms with E-state index in [0.29, 0.717) is 13.1 Å². The third-order valence-electron chi connectivity index (χ3n) is 12.0. The monoisotopic (exact) mass is 851 g/mol. The number of benzene rings is 2. The van der Waals surface area contributed by atoms with Gasteiger partial charge in [0.2, 0.25) is 11.8 Å². The molecular formula is C49H70N8O5. The van der Waals surface area contributed by atoms with Gasteiger partial charge < -0.3 is 29.2 Å². The third kappa shape index (κ3) is 10.6. The van der Waals surface area contributed by atoms with Crippen LogP contribution in [0, 0.1) is 11.8 Å². The van der Waals surface area contributed by atoms with Gasteiger partial charge in [-0.05, 0) is 115 Å². The second-order valence-corrected chi connectivity index (χ2v) is 19.9. The predicted molar refractivity (Wildman–Crippen MR) is 244 cm³/mol. The van der Waals surface area contributed by atoms with E-state index < -0.39 is 17.7 Å². The van der Waals surface area contributed by atoms with Crippen molar-refractivity contribution in [2.24, 2.45) is 11.8 Å². The minimum Gasteiger partial charge on any atom is -0.444 e. The van der Waals surface area contributed by atoms with Gasteiger partial charge in [0, 0.05) is 20.1 Å². The predicted octanol–water partition coefficient (Wildman–Crippen LogP) is 9.47. The van der Waals surface area contributed by atoms with E-state index in [9.17, 15) is 14.4 Å². The topological polar surface area (TPSA) is 140 Å². The van der Waals surface area contributed by atoms with Crippen molar-refractivity contribution in [1.82, 2.24) is 39.5 Å². The van der Waals surface area contributed by atoms with E-state index in [1.54, 1.807) is 7.05 Å². The van der Waals surface area contributed by atoms with Crippen LogP contribution in [0.15, 0.2) is 60.9 Å². The summed E-state index contributed by atoms with van der Waals surface area (Å²) in [5, 5.41) is 0. The Balaban J connectivity index is 1.10. The lowest BCUT2D eigenvalue weighted by Crippen LogP contribution is -2.54. The average molecular weight is 851 g/mol. The number of imidazole rings is 2. The van der Waals surface area contributed by atoms with Crippen LogP contribution in [0.5, 0.6) is 0 Å². The van der Waals surface area contributed by atoms with Crippen LogP contribution in [0.25, 0.3) is 33.6 Å². The third-order valence-corrected chi connectivity index (χ3v) is 12.0. The molecule has 0 aliphatic carbocycles. The number of likely N-dealkylation sites (N-methyl/N-ethyl adjacent to an activating group) is 2. The second kappa shape index (κ2) is 18.8. The van der Waals surface area contributed by atoms with Crippen molar-refractivity contribution in [2.45, 2.75) is 143 Å². The van der Waals surface area contributed by atoms with Crippen LogP contribution in [0.3, 0.4) is 0 Å². The number of hydrogen-bond donors (Lipinski definition) is 2. The highest BCUT2D eigenvalue weighted by Gasteiger charge is 2.42. The van der Waals surface area contributed by atoms with Gasteiger partial charge >= 0.3 is 6.09 Å². The fourth-order valence-electron chi connectivity index (χ4n) is 9.06. The SMILES string of the molecule is CC(C)[C@@H](C(=O)N1CCC[C@H]1c1ncc(-c2ccc(-c3ccc(-c4cnc([C@@H]5CCCN5C(=O)[C@H](C(C)C)N(C)C(C)OC(C)(C)C)[nH]4)cc3)cc2)[nH]1)N(C)C(=O)OC(C)(C)C. The number of likely N-dealkylation sites (tertiary alicyclic amines) is 2. The first-order valence-electron chi connectivity index (χ1n) is 22.4. The number of rotatable bonds is 13. The molecule has 4 aromatic rings. The molecule has 2 aliphatic heterocycles. The largest absolute Gasteiger partial charge is 0.444 e. The molecule has 5 atom stereocenters. The molecule has 6 rings (SSSR count). The van der Waals surface area contributed by atoms with E-state index in [1.807, 2.05) is 91.6 Å². The Morgan fingerprint density at radius 1 is 0.645 bits per heavy atom. The van der Waals surface area contributed by atoms with Gasteiger partial charge in [-0.25, -0.2) is 14.8 Å². The van der Waals surface area contributed by atoms with Gasteiger partial charge in [-0.15, -0.1) is 0 Å². The van der Waals surface area contributed by atoms with Gasteiger partial charge in [-0.2, -0.15) is 0 Å². The Labute approximate surface area is 369 Å². The highest BCUT2D eigenvalue weighted by molar-refractivity contribution is 5.86. The molecule has 2 aromatic carbocycles. The minimum atomic E-state index is -0.660. The summed E-state index contributed by atoms with van der Waals surface area (Å²) >= 11 is 0. The molecule has 4 heterocycles. The van der Waals surface area contributed by atoms with Crippen molar-refractivity contribution in [3.05, 3.63) is 72.6 Å². The lowest BCUT2D eigenvalue weighted by atomic mass is 10.0. The molecule has 1 unspecified atom stereocenters. The number of nitrogens with zero attached hydrogens (tertiary/aromatic N) is 6. The van der Waals surface area contributed by atoms with Crippen molar-refractivity contribution < 1.29 is 23.9 Å². The number of carbonyl (C=O) groups is 3. The minimum absolute atomic E-state index is 0.0964. The molecule has 2 fully saturated rings. The zero-order valence-corrected chi connectivity index (χ0v) is 39.3. The lowest BCUT2D eigenvalue weighted by Gasteiger charge is -2.39. The van der Waals surface area contributed by atoms with Crippen LogP contribution in [0.1, 0.15) is 126 Å². The summed E-state index contributed by atoms with van der Waals surface area (Å²) in [4.78, 5) is 65.2. The van der Waals surface area contributed by atoms with Gasteiger partial charge in [0.15, 0.2) is 0 Å². The van der Waals surface area contributed by atoms with Crippen molar-refractivity contribution in [1.29, 1.82) is 0 Å². The first-order valence-corrected chi connectivity index (χ1v) is 22.4. The molecule has 0 spiro atoms. The molecule has 2 aromatic heterocycles. The van der Waals surface area contributed by atoms with E-state index in [2.05, 4.69) is 77.2 Å². The number of carbonyl (C=O) groups excluding carboxylic acids is 3. The molecule has 0 bridgehead atoms. The molecule has 336 valence electrons. The van der Waals surface area contributed by atoms with E-state index >= 15 is 0 Å². The number of aromatic nitrogens is 4. The summed E-state index contributed by atoms with van der Waals surface area (Å²) in [7, 11) is 3.63. The van der Waals surface area contributed by atoms with Crippen LogP contribution in [-0.4, -0.2) is 114 Å². The van der Waals surface area contributed by atoms with Gasteiger partial charge in [0.1, 0.15) is 29.5 Å². The maximum absolute atomic E-state index is 14.2. The van der Waals surface area contributed by atoms with Crippen molar-refractivity contribution in [3.63, 3.8) is 0 Å². The highest BCUT2D eigenvalue weighted by Crippen LogP contribution is 2.36. The van der Waals surface area contributed by atoms with E-state index in [4.69, 9.17) is 19.4 Å². The Bertz CT molecular complexity index is 2150. The molecule has 13 heteroatoms. The van der Waals surface area contributed by atoms with Crippen LogP contribution < -0.4 is 0 Å². The molecule has 13 nitrogen and oxygen atoms in total. The maximum atomic E-state index is 14.2. The number of nitrogens with one attached hydrogen (secondary N) is 2. The summed E-state index contributed by atoms with van der Waals surface area (Å²) in [5.41, 5.74) is 5.00. The smallest absolute Gasteiger partial charge is 0.410 e. The van der Waals surface area contributed by atoms with Crippen LogP contribution >= 0.6 is 0 Å². The first kappa shape index (κ1) is 46.5. The van der Waals surface area contributed by atoms with E-state index in [1.165, 1.54) is 4.90 Å². The zero-order valence-electron chi connectivity index (χ0n) is 39.3. The highest BCUT2D eigenvalue weighted by atomic mass is 16.6. The number of ether oxygens (including phenoxy) is 2. The molecule has 2 aliphatic rings. The number of H-pyrrole nitrogens is 2. The normalized spacial score (nSPS) is 18.8.